The highest BCUT2D eigenvalue weighted by atomic mass is 35.5. The quantitative estimate of drug-likeness (QED) is 0.744. The Morgan fingerprint density at radius 1 is 1.25 bits per heavy atom. The van der Waals surface area contributed by atoms with Crippen LogP contribution in [-0.4, -0.2) is 45.3 Å². The van der Waals surface area contributed by atoms with Gasteiger partial charge in [-0.15, -0.1) is 10.2 Å². The summed E-state index contributed by atoms with van der Waals surface area (Å²) in [5.41, 5.74) is 0.171. The van der Waals surface area contributed by atoms with Crippen LogP contribution in [0.1, 0.15) is 43.8 Å². The van der Waals surface area contributed by atoms with Crippen LogP contribution in [0.3, 0.4) is 0 Å². The molecule has 1 spiro atoms. The molecule has 7 heteroatoms. The zero-order valence-corrected chi connectivity index (χ0v) is 16.6. The molecule has 1 amide bonds. The monoisotopic (exact) mass is 400 g/mol. The predicted molar refractivity (Wildman–Crippen MR) is 105 cm³/mol. The Bertz CT molecular complexity index is 858. The van der Waals surface area contributed by atoms with Gasteiger partial charge in [-0.3, -0.25) is 4.79 Å². The van der Waals surface area contributed by atoms with E-state index in [4.69, 9.17) is 16.3 Å². The molecule has 1 aliphatic heterocycles. The lowest BCUT2D eigenvalue weighted by molar-refractivity contribution is -0.133. The standard InChI is InChI=1S/C21H25ClN4O2/c22-16-4-6-17(7-5-16)28-12-19(27)25-11-18(21(13-25)8-1-9-21)20-24-23-14-26(20)10-15-2-3-15/h4-7,14-15,18H,1-3,8-13H2. The lowest BCUT2D eigenvalue weighted by Gasteiger charge is -2.42. The van der Waals surface area contributed by atoms with Gasteiger partial charge in [0.05, 0.1) is 0 Å². The number of benzene rings is 1. The third-order valence-electron chi connectivity index (χ3n) is 6.63. The third-order valence-corrected chi connectivity index (χ3v) is 6.89. The lowest BCUT2D eigenvalue weighted by Crippen LogP contribution is -2.39. The van der Waals surface area contributed by atoms with Crippen LogP contribution >= 0.6 is 11.6 Å². The van der Waals surface area contributed by atoms with Gasteiger partial charge in [0.15, 0.2) is 6.61 Å². The molecule has 3 aliphatic rings. The van der Waals surface area contributed by atoms with Gasteiger partial charge >= 0.3 is 0 Å². The third kappa shape index (κ3) is 3.39. The SMILES string of the molecule is O=C(COc1ccc(Cl)cc1)N1CC(c2nncn2CC2CC2)C2(CCC2)C1. The van der Waals surface area contributed by atoms with E-state index in [1.54, 1.807) is 24.3 Å². The molecule has 2 aliphatic carbocycles. The number of rotatable bonds is 6. The minimum atomic E-state index is 0.0389. The smallest absolute Gasteiger partial charge is 0.260 e. The molecule has 148 valence electrons. The van der Waals surface area contributed by atoms with E-state index in [-0.39, 0.29) is 23.8 Å². The van der Waals surface area contributed by atoms with E-state index in [0.717, 1.165) is 37.7 Å². The highest BCUT2D eigenvalue weighted by Crippen LogP contribution is 2.55. The summed E-state index contributed by atoms with van der Waals surface area (Å²) in [4.78, 5) is 14.8. The van der Waals surface area contributed by atoms with Crippen LogP contribution in [0.25, 0.3) is 0 Å². The summed E-state index contributed by atoms with van der Waals surface area (Å²) < 4.78 is 7.92. The van der Waals surface area contributed by atoms with Crippen molar-refractivity contribution in [3.8, 4) is 5.75 Å². The first-order valence-corrected chi connectivity index (χ1v) is 10.5. The fraction of sp³-hybridized carbons (Fsp3) is 0.571. The largest absolute Gasteiger partial charge is 0.484 e. The Kier molecular flexibility index (Phi) is 4.54. The second kappa shape index (κ2) is 7.07. The van der Waals surface area contributed by atoms with Gasteiger partial charge < -0.3 is 14.2 Å². The zero-order valence-electron chi connectivity index (χ0n) is 15.9. The van der Waals surface area contributed by atoms with Crippen molar-refractivity contribution >= 4 is 17.5 Å². The Labute approximate surface area is 169 Å². The van der Waals surface area contributed by atoms with Crippen LogP contribution in [0.4, 0.5) is 0 Å². The minimum Gasteiger partial charge on any atom is -0.484 e. The number of nitrogens with zero attached hydrogens (tertiary/aromatic N) is 4. The predicted octanol–water partition coefficient (Wildman–Crippen LogP) is 3.52. The number of carbonyl (C=O) groups is 1. The summed E-state index contributed by atoms with van der Waals surface area (Å²) in [6, 6.07) is 7.11. The Hall–Kier alpha value is -2.08. The van der Waals surface area contributed by atoms with Crippen molar-refractivity contribution in [1.29, 1.82) is 0 Å². The maximum absolute atomic E-state index is 12.8. The molecule has 0 N–H and O–H groups in total. The summed E-state index contributed by atoms with van der Waals surface area (Å²) in [6.45, 7) is 2.59. The molecule has 2 heterocycles. The lowest BCUT2D eigenvalue weighted by atomic mass is 9.62. The molecule has 1 atom stereocenters. The molecule has 6 nitrogen and oxygen atoms in total. The Balaban J connectivity index is 1.27. The van der Waals surface area contributed by atoms with E-state index in [1.807, 2.05) is 11.2 Å². The van der Waals surface area contributed by atoms with Crippen molar-refractivity contribution in [3.63, 3.8) is 0 Å². The maximum atomic E-state index is 12.8. The van der Waals surface area contributed by atoms with Crippen molar-refractivity contribution in [2.75, 3.05) is 19.7 Å². The van der Waals surface area contributed by atoms with Crippen molar-refractivity contribution in [1.82, 2.24) is 19.7 Å². The first-order chi connectivity index (χ1) is 13.6. The van der Waals surface area contributed by atoms with Crippen molar-refractivity contribution in [2.45, 2.75) is 44.6 Å². The summed E-state index contributed by atoms with van der Waals surface area (Å²) >= 11 is 5.90. The molecule has 0 bridgehead atoms. The van der Waals surface area contributed by atoms with E-state index < -0.39 is 0 Å². The fourth-order valence-corrected chi connectivity index (χ4v) is 4.80. The summed E-state index contributed by atoms with van der Waals surface area (Å²) in [5.74, 6) is 2.83. The fourth-order valence-electron chi connectivity index (χ4n) is 4.67. The van der Waals surface area contributed by atoms with Gasteiger partial charge in [0.25, 0.3) is 5.91 Å². The number of amides is 1. The Morgan fingerprint density at radius 2 is 2.04 bits per heavy atom. The molecule has 1 aromatic carbocycles. The summed E-state index contributed by atoms with van der Waals surface area (Å²) in [7, 11) is 0. The molecule has 28 heavy (non-hydrogen) atoms. The van der Waals surface area contributed by atoms with Gasteiger partial charge in [-0.05, 0) is 61.3 Å². The van der Waals surface area contributed by atoms with Crippen LogP contribution in [0, 0.1) is 11.3 Å². The normalized spacial score (nSPS) is 23.0. The molecule has 1 saturated heterocycles. The number of likely N-dealkylation sites (tertiary alicyclic amines) is 1. The van der Waals surface area contributed by atoms with Crippen LogP contribution < -0.4 is 4.74 Å². The molecule has 1 unspecified atom stereocenters. The molecule has 1 aromatic heterocycles. The molecular formula is C21H25ClN4O2. The van der Waals surface area contributed by atoms with Crippen LogP contribution in [-0.2, 0) is 11.3 Å². The highest BCUT2D eigenvalue weighted by Gasteiger charge is 2.53. The highest BCUT2D eigenvalue weighted by molar-refractivity contribution is 6.30. The number of halogens is 1. The molecule has 0 radical (unpaired) electrons. The average Bonchev–Trinajstić information content (AvgIpc) is 3.20. The molecule has 2 aromatic rings. The first kappa shape index (κ1) is 18.0. The van der Waals surface area contributed by atoms with E-state index in [9.17, 15) is 4.79 Å². The number of hydrogen-bond donors (Lipinski definition) is 0. The number of ether oxygens (including phenoxy) is 1. The second-order valence-corrected chi connectivity index (χ2v) is 9.01. The van der Waals surface area contributed by atoms with Gasteiger partial charge in [-0.1, -0.05) is 18.0 Å². The number of hydrogen-bond acceptors (Lipinski definition) is 4. The van der Waals surface area contributed by atoms with E-state index in [2.05, 4.69) is 14.8 Å². The van der Waals surface area contributed by atoms with Gasteiger partial charge in [0, 0.05) is 30.6 Å². The number of carbonyl (C=O) groups excluding carboxylic acids is 1. The minimum absolute atomic E-state index is 0.0389. The summed E-state index contributed by atoms with van der Waals surface area (Å²) in [6.07, 6.45) is 8.04. The van der Waals surface area contributed by atoms with Gasteiger partial charge in [-0.2, -0.15) is 0 Å². The van der Waals surface area contributed by atoms with Crippen LogP contribution in [0.5, 0.6) is 5.75 Å². The van der Waals surface area contributed by atoms with E-state index >= 15 is 0 Å². The first-order valence-electron chi connectivity index (χ1n) is 10.2. The van der Waals surface area contributed by atoms with Crippen molar-refractivity contribution in [3.05, 3.63) is 41.4 Å². The molecular weight excluding hydrogens is 376 g/mol. The van der Waals surface area contributed by atoms with E-state index in [1.165, 1.54) is 19.3 Å². The summed E-state index contributed by atoms with van der Waals surface area (Å²) in [5, 5.41) is 9.34. The van der Waals surface area contributed by atoms with Crippen LogP contribution in [0.2, 0.25) is 5.02 Å². The molecule has 5 rings (SSSR count). The Morgan fingerprint density at radius 3 is 2.71 bits per heavy atom. The average molecular weight is 401 g/mol. The zero-order chi connectivity index (χ0) is 19.1. The van der Waals surface area contributed by atoms with Gasteiger partial charge in [0.1, 0.15) is 17.9 Å². The van der Waals surface area contributed by atoms with Crippen molar-refractivity contribution in [2.24, 2.45) is 11.3 Å². The second-order valence-electron chi connectivity index (χ2n) is 8.57. The van der Waals surface area contributed by atoms with Crippen LogP contribution in [0.15, 0.2) is 30.6 Å². The topological polar surface area (TPSA) is 60.2 Å². The maximum Gasteiger partial charge on any atom is 0.260 e. The molecule has 3 fully saturated rings. The molecule has 2 saturated carbocycles. The van der Waals surface area contributed by atoms with Crippen molar-refractivity contribution < 1.29 is 9.53 Å². The number of aromatic nitrogens is 3. The van der Waals surface area contributed by atoms with Gasteiger partial charge in [-0.25, -0.2) is 0 Å². The van der Waals surface area contributed by atoms with E-state index in [0.29, 0.717) is 17.3 Å². The van der Waals surface area contributed by atoms with Gasteiger partial charge in [0.2, 0.25) is 0 Å².